The van der Waals surface area contributed by atoms with Crippen LogP contribution in [0.5, 0.6) is 0 Å². The highest BCUT2D eigenvalue weighted by Gasteiger charge is 2.23. The predicted molar refractivity (Wildman–Crippen MR) is 121 cm³/mol. The number of H-pyrrole nitrogens is 1. The molecule has 0 saturated carbocycles. The number of fused-ring (bicyclic) bond motifs is 1. The first-order valence-electron chi connectivity index (χ1n) is 9.06. The third-order valence-corrected chi connectivity index (χ3v) is 7.58. The van der Waals surface area contributed by atoms with Gasteiger partial charge in [-0.3, -0.25) is 9.59 Å². The first kappa shape index (κ1) is 22.6. The zero-order valence-electron chi connectivity index (χ0n) is 16.5. The van der Waals surface area contributed by atoms with Crippen molar-refractivity contribution in [2.45, 2.75) is 4.21 Å². The molecule has 4 aromatic rings. The topological polar surface area (TPSA) is 143 Å². The SMILES string of the molecule is CNc1ccc2c(=O)n(-c3ncc(C(=O)NS(=O)(=O)c4ccc(Cl)s4)cc3F)c(=O)[nH]c2c1. The molecule has 3 heterocycles. The molecule has 4 rings (SSSR count). The number of halogens is 2. The van der Waals surface area contributed by atoms with Gasteiger partial charge in [0.25, 0.3) is 21.5 Å². The minimum absolute atomic E-state index is 0.109. The van der Waals surface area contributed by atoms with Crippen molar-refractivity contribution in [1.82, 2.24) is 19.3 Å². The molecular weight excluding hydrogens is 497 g/mol. The van der Waals surface area contributed by atoms with Crippen LogP contribution in [0.4, 0.5) is 10.1 Å². The molecule has 3 aromatic heterocycles. The molecule has 0 bridgehead atoms. The summed E-state index contributed by atoms with van der Waals surface area (Å²) in [6.45, 7) is 0. The number of thiophene rings is 1. The number of rotatable bonds is 5. The summed E-state index contributed by atoms with van der Waals surface area (Å²) in [6.07, 6.45) is 0.852. The number of nitrogens with one attached hydrogen (secondary N) is 3. The zero-order valence-corrected chi connectivity index (χ0v) is 18.9. The molecule has 0 aliphatic heterocycles. The fourth-order valence-corrected chi connectivity index (χ4v) is 5.42. The average Bonchev–Trinajstić information content (AvgIpc) is 3.21. The van der Waals surface area contributed by atoms with Crippen molar-refractivity contribution in [3.05, 3.63) is 79.2 Å². The molecule has 3 N–H and O–H groups in total. The van der Waals surface area contributed by atoms with Crippen LogP contribution in [0.1, 0.15) is 10.4 Å². The van der Waals surface area contributed by atoms with Crippen LogP contribution < -0.4 is 21.3 Å². The van der Waals surface area contributed by atoms with E-state index in [1.807, 2.05) is 0 Å². The molecular formula is C19H13ClFN5O5S2. The van der Waals surface area contributed by atoms with Gasteiger partial charge in [0.05, 0.1) is 20.8 Å². The van der Waals surface area contributed by atoms with Crippen molar-refractivity contribution < 1.29 is 17.6 Å². The van der Waals surface area contributed by atoms with Gasteiger partial charge in [-0.15, -0.1) is 11.3 Å². The smallest absolute Gasteiger partial charge is 0.334 e. The highest BCUT2D eigenvalue weighted by molar-refractivity contribution is 7.92. The van der Waals surface area contributed by atoms with Gasteiger partial charge in [-0.05, 0) is 36.4 Å². The van der Waals surface area contributed by atoms with E-state index in [4.69, 9.17) is 11.6 Å². The second-order valence-corrected chi connectivity index (χ2v) is 10.2. The summed E-state index contributed by atoms with van der Waals surface area (Å²) >= 11 is 6.45. The highest BCUT2D eigenvalue weighted by atomic mass is 35.5. The van der Waals surface area contributed by atoms with E-state index in [1.54, 1.807) is 23.9 Å². The summed E-state index contributed by atoms with van der Waals surface area (Å²) < 4.78 is 41.6. The molecule has 1 amide bonds. The number of nitrogens with zero attached hydrogens (tertiary/aromatic N) is 2. The van der Waals surface area contributed by atoms with Gasteiger partial charge in [0, 0.05) is 18.9 Å². The predicted octanol–water partition coefficient (Wildman–Crippen LogP) is 2.09. The van der Waals surface area contributed by atoms with Crippen molar-refractivity contribution in [2.24, 2.45) is 0 Å². The number of carbonyl (C=O) groups excluding carboxylic acids is 1. The minimum atomic E-state index is -4.24. The van der Waals surface area contributed by atoms with Gasteiger partial charge in [0.2, 0.25) is 0 Å². The molecule has 0 aliphatic rings. The molecule has 0 spiro atoms. The van der Waals surface area contributed by atoms with Gasteiger partial charge in [-0.2, -0.15) is 0 Å². The Morgan fingerprint density at radius 2 is 1.97 bits per heavy atom. The molecule has 0 radical (unpaired) electrons. The molecule has 0 aliphatic carbocycles. The van der Waals surface area contributed by atoms with Gasteiger partial charge in [-0.25, -0.2) is 31.9 Å². The Balaban J connectivity index is 1.71. The number of hydrogen-bond acceptors (Lipinski definition) is 8. The molecule has 170 valence electrons. The van der Waals surface area contributed by atoms with Crippen LogP contribution in [-0.2, 0) is 10.0 Å². The fraction of sp³-hybridized carbons (Fsp3) is 0.0526. The summed E-state index contributed by atoms with van der Waals surface area (Å²) in [4.78, 5) is 43.8. The van der Waals surface area contributed by atoms with Gasteiger partial charge in [0.1, 0.15) is 4.21 Å². The minimum Gasteiger partial charge on any atom is -0.388 e. The van der Waals surface area contributed by atoms with Crippen molar-refractivity contribution in [1.29, 1.82) is 0 Å². The molecule has 10 nitrogen and oxygen atoms in total. The lowest BCUT2D eigenvalue weighted by Gasteiger charge is -2.09. The quantitative estimate of drug-likeness (QED) is 0.374. The lowest BCUT2D eigenvalue weighted by Crippen LogP contribution is -2.35. The Morgan fingerprint density at radius 3 is 2.61 bits per heavy atom. The van der Waals surface area contributed by atoms with Crippen LogP contribution in [0.2, 0.25) is 4.34 Å². The first-order chi connectivity index (χ1) is 15.6. The number of aromatic nitrogens is 3. The van der Waals surface area contributed by atoms with Crippen molar-refractivity contribution in [3.8, 4) is 5.82 Å². The summed E-state index contributed by atoms with van der Waals surface area (Å²) in [6, 6.07) is 7.83. The Labute approximate surface area is 193 Å². The Hall–Kier alpha value is -3.55. The molecule has 0 atom stereocenters. The van der Waals surface area contributed by atoms with Crippen LogP contribution in [0, 0.1) is 5.82 Å². The van der Waals surface area contributed by atoms with Crippen LogP contribution in [0.3, 0.4) is 0 Å². The lowest BCUT2D eigenvalue weighted by atomic mass is 10.2. The summed E-state index contributed by atoms with van der Waals surface area (Å²) in [5, 5.41) is 2.98. The van der Waals surface area contributed by atoms with E-state index in [-0.39, 0.29) is 19.4 Å². The standard InChI is InChI=1S/C19H13ClFN5O5S2/c1-22-10-2-3-11-13(7-10)24-19(29)26(18(11)28)16-12(21)6-9(8-23-16)17(27)25-33(30,31)15-5-4-14(20)32-15/h2-8,22H,1H3,(H,24,29)(H,25,27). The second kappa shape index (κ2) is 8.42. The van der Waals surface area contributed by atoms with Gasteiger partial charge < -0.3 is 10.3 Å². The van der Waals surface area contributed by atoms with E-state index >= 15 is 0 Å². The number of amides is 1. The summed E-state index contributed by atoms with van der Waals surface area (Å²) in [7, 11) is -2.57. The molecule has 0 saturated heterocycles. The van der Waals surface area contributed by atoms with Gasteiger partial charge in [0.15, 0.2) is 11.6 Å². The monoisotopic (exact) mass is 509 g/mol. The number of anilines is 1. The summed E-state index contributed by atoms with van der Waals surface area (Å²) in [5.74, 6) is -2.99. The normalized spacial score (nSPS) is 11.5. The summed E-state index contributed by atoms with van der Waals surface area (Å²) in [5.41, 5.74) is -1.32. The van der Waals surface area contributed by atoms with Gasteiger partial charge in [-0.1, -0.05) is 11.6 Å². The van der Waals surface area contributed by atoms with E-state index in [1.165, 1.54) is 18.2 Å². The second-order valence-electron chi connectivity index (χ2n) is 6.60. The maximum absolute atomic E-state index is 14.8. The van der Waals surface area contributed by atoms with Crippen LogP contribution >= 0.6 is 22.9 Å². The number of pyridine rings is 1. The van der Waals surface area contributed by atoms with E-state index in [9.17, 15) is 27.2 Å². The van der Waals surface area contributed by atoms with Crippen molar-refractivity contribution >= 4 is 55.5 Å². The molecule has 0 unspecified atom stereocenters. The largest absolute Gasteiger partial charge is 0.388 e. The van der Waals surface area contributed by atoms with Crippen LogP contribution in [-0.4, -0.2) is 35.9 Å². The third kappa shape index (κ3) is 4.25. The maximum Gasteiger partial charge on any atom is 0.334 e. The molecule has 14 heteroatoms. The highest BCUT2D eigenvalue weighted by Crippen LogP contribution is 2.25. The number of hydrogen-bond donors (Lipinski definition) is 3. The Kier molecular flexibility index (Phi) is 5.78. The Morgan fingerprint density at radius 1 is 1.21 bits per heavy atom. The third-order valence-electron chi connectivity index (χ3n) is 4.52. The first-order valence-corrected chi connectivity index (χ1v) is 11.7. The van der Waals surface area contributed by atoms with Crippen molar-refractivity contribution in [2.75, 3.05) is 12.4 Å². The number of carbonyl (C=O) groups is 1. The average molecular weight is 510 g/mol. The zero-order chi connectivity index (χ0) is 23.9. The maximum atomic E-state index is 14.8. The number of sulfonamides is 1. The van der Waals surface area contributed by atoms with Crippen LogP contribution in [0.25, 0.3) is 16.7 Å². The Bertz CT molecular complexity index is 1640. The number of benzene rings is 1. The molecule has 33 heavy (non-hydrogen) atoms. The molecule has 1 aromatic carbocycles. The lowest BCUT2D eigenvalue weighted by molar-refractivity contribution is 0.0980. The fourth-order valence-electron chi connectivity index (χ4n) is 2.96. The van der Waals surface area contributed by atoms with E-state index in [0.29, 0.717) is 16.3 Å². The molecule has 0 fully saturated rings. The van der Waals surface area contributed by atoms with Crippen molar-refractivity contribution in [3.63, 3.8) is 0 Å². The van der Waals surface area contributed by atoms with E-state index in [0.717, 1.165) is 17.5 Å². The van der Waals surface area contributed by atoms with E-state index in [2.05, 4.69) is 15.3 Å². The number of aromatic amines is 1. The van der Waals surface area contributed by atoms with Crippen LogP contribution in [0.15, 0.2) is 56.4 Å². The van der Waals surface area contributed by atoms with Gasteiger partial charge >= 0.3 is 5.69 Å². The van der Waals surface area contributed by atoms with E-state index < -0.39 is 44.4 Å².